The maximum absolute atomic E-state index is 12.4. The van der Waals surface area contributed by atoms with Gasteiger partial charge in [0.15, 0.2) is 0 Å². The van der Waals surface area contributed by atoms with Crippen LogP contribution in [-0.2, 0) is 4.79 Å². The van der Waals surface area contributed by atoms with Crippen molar-refractivity contribution in [1.29, 1.82) is 0 Å². The van der Waals surface area contributed by atoms with Crippen molar-refractivity contribution in [1.82, 2.24) is 19.8 Å². The van der Waals surface area contributed by atoms with Gasteiger partial charge in [-0.2, -0.15) is 0 Å². The standard InChI is InChI=1S/C13H20N4O2S/c1-8(2)14-12(18)10-5-4-6-17(7-10)13(19)11-9(3)15-16-20-11/h8,10H,4-7H2,1-3H3,(H,14,18)/t10-/m0/s1. The molecule has 2 rings (SSSR count). The number of rotatable bonds is 3. The lowest BCUT2D eigenvalue weighted by atomic mass is 9.96. The van der Waals surface area contributed by atoms with Gasteiger partial charge in [0.05, 0.1) is 11.6 Å². The van der Waals surface area contributed by atoms with Gasteiger partial charge in [0.1, 0.15) is 4.88 Å². The van der Waals surface area contributed by atoms with E-state index < -0.39 is 0 Å². The van der Waals surface area contributed by atoms with Crippen LogP contribution in [0.5, 0.6) is 0 Å². The van der Waals surface area contributed by atoms with Crippen LogP contribution in [0.3, 0.4) is 0 Å². The molecule has 0 aromatic carbocycles. The molecule has 110 valence electrons. The van der Waals surface area contributed by atoms with Crippen LogP contribution >= 0.6 is 11.5 Å². The molecule has 1 aliphatic rings. The molecule has 1 atom stereocenters. The van der Waals surface area contributed by atoms with Crippen LogP contribution in [0.2, 0.25) is 0 Å². The molecule has 7 heteroatoms. The summed E-state index contributed by atoms with van der Waals surface area (Å²) in [6.07, 6.45) is 1.69. The summed E-state index contributed by atoms with van der Waals surface area (Å²) in [5.74, 6) is -0.132. The molecule has 0 bridgehead atoms. The molecule has 2 amide bonds. The summed E-state index contributed by atoms with van der Waals surface area (Å²) in [5, 5.41) is 6.79. The van der Waals surface area contributed by atoms with Crippen molar-refractivity contribution < 1.29 is 9.59 Å². The molecule has 1 aromatic heterocycles. The van der Waals surface area contributed by atoms with Gasteiger partial charge in [0.25, 0.3) is 5.91 Å². The smallest absolute Gasteiger partial charge is 0.267 e. The molecular weight excluding hydrogens is 276 g/mol. The third-order valence-electron chi connectivity index (χ3n) is 3.36. The van der Waals surface area contributed by atoms with E-state index in [0.717, 1.165) is 24.4 Å². The van der Waals surface area contributed by atoms with E-state index in [-0.39, 0.29) is 23.8 Å². The van der Waals surface area contributed by atoms with E-state index in [1.165, 1.54) is 0 Å². The first kappa shape index (κ1) is 14.9. The van der Waals surface area contributed by atoms with Gasteiger partial charge in [-0.25, -0.2) is 0 Å². The lowest BCUT2D eigenvalue weighted by molar-refractivity contribution is -0.126. The van der Waals surface area contributed by atoms with Crippen LogP contribution in [0.4, 0.5) is 0 Å². The van der Waals surface area contributed by atoms with Gasteiger partial charge >= 0.3 is 0 Å². The Hall–Kier alpha value is -1.50. The zero-order chi connectivity index (χ0) is 14.7. The number of hydrogen-bond donors (Lipinski definition) is 1. The average Bonchev–Trinajstić information content (AvgIpc) is 2.83. The molecule has 1 aromatic rings. The predicted molar refractivity (Wildman–Crippen MR) is 76.6 cm³/mol. The number of nitrogens with one attached hydrogen (secondary N) is 1. The fourth-order valence-corrected chi connectivity index (χ4v) is 2.97. The third-order valence-corrected chi connectivity index (χ3v) is 4.17. The Morgan fingerprint density at radius 1 is 1.45 bits per heavy atom. The lowest BCUT2D eigenvalue weighted by Crippen LogP contribution is -2.46. The van der Waals surface area contributed by atoms with E-state index in [0.29, 0.717) is 23.7 Å². The predicted octanol–water partition coefficient (Wildman–Crippen LogP) is 1.22. The molecule has 0 saturated carbocycles. The maximum atomic E-state index is 12.4. The monoisotopic (exact) mass is 296 g/mol. The fraction of sp³-hybridized carbons (Fsp3) is 0.692. The minimum absolute atomic E-state index is 0.0386. The van der Waals surface area contributed by atoms with Crippen LogP contribution in [0, 0.1) is 12.8 Å². The number of aryl methyl sites for hydroxylation is 1. The fourth-order valence-electron chi connectivity index (χ4n) is 2.35. The van der Waals surface area contributed by atoms with Crippen LogP contribution in [-0.4, -0.2) is 45.4 Å². The van der Waals surface area contributed by atoms with Gasteiger partial charge in [0, 0.05) is 19.1 Å². The van der Waals surface area contributed by atoms with Gasteiger partial charge in [0.2, 0.25) is 5.91 Å². The number of aromatic nitrogens is 2. The van der Waals surface area contributed by atoms with Gasteiger partial charge in [-0.15, -0.1) is 5.10 Å². The van der Waals surface area contributed by atoms with Crippen molar-refractivity contribution in [2.45, 2.75) is 39.7 Å². The third kappa shape index (κ3) is 3.33. The number of carbonyl (C=O) groups is 2. The molecule has 0 radical (unpaired) electrons. The zero-order valence-corrected chi connectivity index (χ0v) is 12.9. The first-order valence-electron chi connectivity index (χ1n) is 6.87. The second-order valence-corrected chi connectivity index (χ2v) is 6.20. The molecule has 1 aliphatic heterocycles. The van der Waals surface area contributed by atoms with Crippen LogP contribution < -0.4 is 5.32 Å². The van der Waals surface area contributed by atoms with E-state index in [4.69, 9.17) is 0 Å². The van der Waals surface area contributed by atoms with Crippen molar-refractivity contribution in [3.8, 4) is 0 Å². The number of likely N-dealkylation sites (tertiary alicyclic amines) is 1. The Morgan fingerprint density at radius 3 is 2.80 bits per heavy atom. The molecule has 20 heavy (non-hydrogen) atoms. The highest BCUT2D eigenvalue weighted by Crippen LogP contribution is 2.21. The number of hydrogen-bond acceptors (Lipinski definition) is 5. The highest BCUT2D eigenvalue weighted by molar-refractivity contribution is 7.07. The summed E-state index contributed by atoms with van der Waals surface area (Å²) in [6.45, 7) is 6.84. The maximum Gasteiger partial charge on any atom is 0.267 e. The minimum Gasteiger partial charge on any atom is -0.354 e. The molecule has 1 saturated heterocycles. The number of carbonyl (C=O) groups excluding carboxylic acids is 2. The molecule has 0 spiro atoms. The van der Waals surface area contributed by atoms with Gasteiger partial charge in [-0.3, -0.25) is 9.59 Å². The number of nitrogens with zero attached hydrogens (tertiary/aromatic N) is 3. The molecule has 1 fully saturated rings. The van der Waals surface area contributed by atoms with Gasteiger partial charge in [-0.05, 0) is 45.1 Å². The first-order valence-corrected chi connectivity index (χ1v) is 7.65. The second kappa shape index (κ2) is 6.30. The van der Waals surface area contributed by atoms with E-state index in [1.807, 2.05) is 13.8 Å². The van der Waals surface area contributed by atoms with Crippen LogP contribution in [0.1, 0.15) is 42.1 Å². The highest BCUT2D eigenvalue weighted by Gasteiger charge is 2.30. The van der Waals surface area contributed by atoms with Crippen molar-refractivity contribution in [2.24, 2.45) is 5.92 Å². The molecule has 6 nitrogen and oxygen atoms in total. The molecule has 1 N–H and O–H groups in total. The summed E-state index contributed by atoms with van der Waals surface area (Å²) in [7, 11) is 0. The number of amides is 2. The van der Waals surface area contributed by atoms with Crippen molar-refractivity contribution >= 4 is 23.3 Å². The number of piperidine rings is 1. The Balaban J connectivity index is 2.02. The second-order valence-electron chi connectivity index (χ2n) is 5.44. The molecule has 0 unspecified atom stereocenters. The summed E-state index contributed by atoms with van der Waals surface area (Å²) in [4.78, 5) is 26.8. The summed E-state index contributed by atoms with van der Waals surface area (Å²) in [5.41, 5.74) is 0.661. The first-order chi connectivity index (χ1) is 9.49. The summed E-state index contributed by atoms with van der Waals surface area (Å²) < 4.78 is 3.80. The Bertz CT molecular complexity index is 500. The average molecular weight is 296 g/mol. The van der Waals surface area contributed by atoms with E-state index in [1.54, 1.807) is 11.8 Å². The van der Waals surface area contributed by atoms with Crippen molar-refractivity contribution in [3.63, 3.8) is 0 Å². The summed E-state index contributed by atoms with van der Waals surface area (Å²) in [6, 6.07) is 0.126. The SMILES string of the molecule is Cc1nnsc1C(=O)N1CCC[C@H](C(=O)NC(C)C)C1. The largest absolute Gasteiger partial charge is 0.354 e. The Kier molecular flexibility index (Phi) is 4.69. The Morgan fingerprint density at radius 2 is 2.20 bits per heavy atom. The normalized spacial score (nSPS) is 19.2. The van der Waals surface area contributed by atoms with Crippen molar-refractivity contribution in [2.75, 3.05) is 13.1 Å². The minimum atomic E-state index is -0.115. The van der Waals surface area contributed by atoms with E-state index >= 15 is 0 Å². The highest BCUT2D eigenvalue weighted by atomic mass is 32.1. The lowest BCUT2D eigenvalue weighted by Gasteiger charge is -2.32. The van der Waals surface area contributed by atoms with Crippen molar-refractivity contribution in [3.05, 3.63) is 10.6 Å². The van der Waals surface area contributed by atoms with Crippen LogP contribution in [0.15, 0.2) is 0 Å². The van der Waals surface area contributed by atoms with Gasteiger partial charge < -0.3 is 10.2 Å². The van der Waals surface area contributed by atoms with Gasteiger partial charge in [-0.1, -0.05) is 4.49 Å². The van der Waals surface area contributed by atoms with Crippen LogP contribution in [0.25, 0.3) is 0 Å². The summed E-state index contributed by atoms with van der Waals surface area (Å²) >= 11 is 1.12. The zero-order valence-electron chi connectivity index (χ0n) is 12.0. The molecular formula is C13H20N4O2S. The molecule has 0 aliphatic carbocycles. The topological polar surface area (TPSA) is 75.2 Å². The quantitative estimate of drug-likeness (QED) is 0.910. The Labute approximate surface area is 122 Å². The van der Waals surface area contributed by atoms with E-state index in [2.05, 4.69) is 14.9 Å². The van der Waals surface area contributed by atoms with E-state index in [9.17, 15) is 9.59 Å². The molecule has 2 heterocycles.